The number of methoxy groups -OCH3 is 1. The zero-order chi connectivity index (χ0) is 18.7. The van der Waals surface area contributed by atoms with E-state index < -0.39 is 5.60 Å². The molecule has 2 aromatic rings. The van der Waals surface area contributed by atoms with Crippen LogP contribution in [0.4, 0.5) is 0 Å². The summed E-state index contributed by atoms with van der Waals surface area (Å²) < 4.78 is 6.92. The molecule has 1 aliphatic heterocycles. The van der Waals surface area contributed by atoms with Crippen molar-refractivity contribution in [3.05, 3.63) is 42.0 Å². The first-order chi connectivity index (χ1) is 12.4. The fourth-order valence-corrected chi connectivity index (χ4v) is 3.33. The van der Waals surface area contributed by atoms with Crippen molar-refractivity contribution < 1.29 is 14.6 Å². The van der Waals surface area contributed by atoms with E-state index in [0.717, 1.165) is 24.4 Å². The first-order valence-corrected chi connectivity index (χ1v) is 8.91. The van der Waals surface area contributed by atoms with Crippen LogP contribution < -0.4 is 4.74 Å². The maximum atomic E-state index is 12.7. The minimum Gasteiger partial charge on any atom is -0.497 e. The maximum absolute atomic E-state index is 12.7. The van der Waals surface area contributed by atoms with Crippen LogP contribution in [0, 0.1) is 0 Å². The zero-order valence-electron chi connectivity index (χ0n) is 15.6. The highest BCUT2D eigenvalue weighted by molar-refractivity contribution is 5.94. The van der Waals surface area contributed by atoms with Crippen molar-refractivity contribution in [2.24, 2.45) is 0 Å². The molecule has 0 atom stereocenters. The van der Waals surface area contributed by atoms with Crippen LogP contribution in [0.25, 0.3) is 0 Å². The third kappa shape index (κ3) is 4.22. The van der Waals surface area contributed by atoms with Crippen molar-refractivity contribution in [3.8, 4) is 5.75 Å². The van der Waals surface area contributed by atoms with Gasteiger partial charge in [0.15, 0.2) is 0 Å². The smallest absolute Gasteiger partial charge is 0.253 e. The normalized spacial score (nSPS) is 15.9. The molecule has 0 bridgehead atoms. The van der Waals surface area contributed by atoms with E-state index in [1.165, 1.54) is 6.33 Å². The van der Waals surface area contributed by atoms with Crippen LogP contribution in [0.15, 0.2) is 30.6 Å². The molecule has 3 rings (SSSR count). The Hall–Kier alpha value is -2.41. The van der Waals surface area contributed by atoms with Gasteiger partial charge in [-0.05, 0) is 51.0 Å². The molecule has 0 radical (unpaired) electrons. The molecule has 26 heavy (non-hydrogen) atoms. The van der Waals surface area contributed by atoms with Gasteiger partial charge in [-0.25, -0.2) is 9.67 Å². The summed E-state index contributed by atoms with van der Waals surface area (Å²) in [6.45, 7) is 5.30. The molecular formula is C19H26N4O3. The van der Waals surface area contributed by atoms with Gasteiger partial charge in [-0.15, -0.1) is 0 Å². The van der Waals surface area contributed by atoms with E-state index in [0.29, 0.717) is 25.2 Å². The average molecular weight is 358 g/mol. The summed E-state index contributed by atoms with van der Waals surface area (Å²) in [5.41, 5.74) is -0.164. The molecule has 1 amide bonds. The second kappa shape index (κ2) is 7.45. The molecule has 7 heteroatoms. The van der Waals surface area contributed by atoms with Gasteiger partial charge < -0.3 is 14.7 Å². The standard InChI is InChI=1S/C19H26N4O3/c1-19(2,25)12-23-17(20-13-21-23)14-8-10-22(11-9-14)18(24)15-4-6-16(26-3)7-5-15/h4-7,13-14,25H,8-12H2,1-3H3. The highest BCUT2D eigenvalue weighted by atomic mass is 16.5. The number of hydrogen-bond donors (Lipinski definition) is 1. The summed E-state index contributed by atoms with van der Waals surface area (Å²) in [5, 5.41) is 14.3. The van der Waals surface area contributed by atoms with Crippen LogP contribution in [0.2, 0.25) is 0 Å². The Bertz CT molecular complexity index is 741. The predicted molar refractivity (Wildman–Crippen MR) is 97.2 cm³/mol. The van der Waals surface area contributed by atoms with Crippen LogP contribution in [0.3, 0.4) is 0 Å². The number of piperidine rings is 1. The number of aromatic nitrogens is 3. The Morgan fingerprint density at radius 1 is 1.27 bits per heavy atom. The van der Waals surface area contributed by atoms with Gasteiger partial charge in [0.25, 0.3) is 5.91 Å². The van der Waals surface area contributed by atoms with Crippen LogP contribution in [0.1, 0.15) is 48.8 Å². The molecule has 1 aromatic heterocycles. The largest absolute Gasteiger partial charge is 0.497 e. The highest BCUT2D eigenvalue weighted by Crippen LogP contribution is 2.28. The first kappa shape index (κ1) is 18.4. The van der Waals surface area contributed by atoms with Gasteiger partial charge in [-0.3, -0.25) is 4.79 Å². The second-order valence-electron chi connectivity index (χ2n) is 7.38. The van der Waals surface area contributed by atoms with Gasteiger partial charge in [0.2, 0.25) is 0 Å². The number of aliphatic hydroxyl groups is 1. The Balaban J connectivity index is 1.62. The van der Waals surface area contributed by atoms with E-state index in [2.05, 4.69) is 10.1 Å². The lowest BCUT2D eigenvalue weighted by molar-refractivity contribution is 0.0554. The minimum atomic E-state index is -0.840. The summed E-state index contributed by atoms with van der Waals surface area (Å²) >= 11 is 0. The lowest BCUT2D eigenvalue weighted by atomic mass is 9.95. The topological polar surface area (TPSA) is 80.5 Å². The van der Waals surface area contributed by atoms with E-state index in [1.807, 2.05) is 4.90 Å². The average Bonchev–Trinajstić information content (AvgIpc) is 3.07. The molecule has 0 saturated carbocycles. The summed E-state index contributed by atoms with van der Waals surface area (Å²) in [5.74, 6) is 1.93. The number of ether oxygens (including phenoxy) is 1. The number of benzene rings is 1. The number of carbonyl (C=O) groups excluding carboxylic acids is 1. The molecule has 1 aromatic carbocycles. The number of nitrogens with zero attached hydrogens (tertiary/aromatic N) is 4. The van der Waals surface area contributed by atoms with E-state index in [9.17, 15) is 9.90 Å². The molecule has 1 saturated heterocycles. The third-order valence-electron chi connectivity index (χ3n) is 4.67. The molecule has 2 heterocycles. The number of hydrogen-bond acceptors (Lipinski definition) is 5. The molecule has 0 unspecified atom stereocenters. The third-order valence-corrected chi connectivity index (χ3v) is 4.67. The van der Waals surface area contributed by atoms with E-state index in [4.69, 9.17) is 4.74 Å². The molecule has 1 aliphatic rings. The lowest BCUT2D eigenvalue weighted by Crippen LogP contribution is -2.38. The van der Waals surface area contributed by atoms with Crippen LogP contribution in [0.5, 0.6) is 5.75 Å². The van der Waals surface area contributed by atoms with Gasteiger partial charge >= 0.3 is 0 Å². The van der Waals surface area contributed by atoms with Crippen molar-refractivity contribution >= 4 is 5.91 Å². The fourth-order valence-electron chi connectivity index (χ4n) is 3.33. The Morgan fingerprint density at radius 2 is 1.92 bits per heavy atom. The highest BCUT2D eigenvalue weighted by Gasteiger charge is 2.28. The van der Waals surface area contributed by atoms with E-state index >= 15 is 0 Å². The number of rotatable bonds is 5. The molecular weight excluding hydrogens is 332 g/mol. The van der Waals surface area contributed by atoms with Crippen LogP contribution in [-0.2, 0) is 6.54 Å². The van der Waals surface area contributed by atoms with Crippen LogP contribution in [-0.4, -0.2) is 56.5 Å². The summed E-state index contributed by atoms with van der Waals surface area (Å²) in [4.78, 5) is 18.9. The number of carbonyl (C=O) groups is 1. The minimum absolute atomic E-state index is 0.0454. The molecule has 0 aliphatic carbocycles. The molecule has 1 N–H and O–H groups in total. The summed E-state index contributed by atoms with van der Waals surface area (Å²) in [6, 6.07) is 7.21. The first-order valence-electron chi connectivity index (χ1n) is 8.91. The van der Waals surface area contributed by atoms with Gasteiger partial charge in [0.05, 0.1) is 19.3 Å². The Kier molecular flexibility index (Phi) is 5.27. The van der Waals surface area contributed by atoms with Gasteiger partial charge in [0, 0.05) is 24.6 Å². The van der Waals surface area contributed by atoms with Crippen molar-refractivity contribution in [2.75, 3.05) is 20.2 Å². The van der Waals surface area contributed by atoms with Crippen molar-refractivity contribution in [3.63, 3.8) is 0 Å². The number of likely N-dealkylation sites (tertiary alicyclic amines) is 1. The zero-order valence-corrected chi connectivity index (χ0v) is 15.6. The van der Waals surface area contributed by atoms with Crippen LogP contribution >= 0.6 is 0 Å². The SMILES string of the molecule is COc1ccc(C(=O)N2CCC(c3ncnn3CC(C)(C)O)CC2)cc1. The molecule has 140 valence electrons. The predicted octanol–water partition coefficient (Wildman–Crippen LogP) is 2.08. The van der Waals surface area contributed by atoms with E-state index in [-0.39, 0.29) is 11.8 Å². The van der Waals surface area contributed by atoms with Crippen molar-refractivity contribution in [2.45, 2.75) is 44.8 Å². The Labute approximate surface area is 153 Å². The fraction of sp³-hybridized carbons (Fsp3) is 0.526. The molecule has 7 nitrogen and oxygen atoms in total. The molecule has 0 spiro atoms. The molecule has 1 fully saturated rings. The lowest BCUT2D eigenvalue weighted by Gasteiger charge is -2.32. The quantitative estimate of drug-likeness (QED) is 0.885. The van der Waals surface area contributed by atoms with Crippen molar-refractivity contribution in [1.29, 1.82) is 0 Å². The van der Waals surface area contributed by atoms with Gasteiger partial charge in [-0.2, -0.15) is 5.10 Å². The summed E-state index contributed by atoms with van der Waals surface area (Å²) in [6.07, 6.45) is 3.22. The van der Waals surface area contributed by atoms with Gasteiger partial charge in [-0.1, -0.05) is 0 Å². The maximum Gasteiger partial charge on any atom is 0.253 e. The Morgan fingerprint density at radius 3 is 2.50 bits per heavy atom. The second-order valence-corrected chi connectivity index (χ2v) is 7.38. The summed E-state index contributed by atoms with van der Waals surface area (Å²) in [7, 11) is 1.61. The van der Waals surface area contributed by atoms with E-state index in [1.54, 1.807) is 49.9 Å². The monoisotopic (exact) mass is 358 g/mol. The van der Waals surface area contributed by atoms with Gasteiger partial charge in [0.1, 0.15) is 17.9 Å². The number of amides is 1. The van der Waals surface area contributed by atoms with Crippen molar-refractivity contribution in [1.82, 2.24) is 19.7 Å².